The van der Waals surface area contributed by atoms with Crippen LogP contribution in [0.4, 0.5) is 0 Å². The second-order valence-corrected chi connectivity index (χ2v) is 6.28. The van der Waals surface area contributed by atoms with Crippen molar-refractivity contribution in [1.82, 2.24) is 9.55 Å². The zero-order valence-electron chi connectivity index (χ0n) is 13.1. The Kier molecular flexibility index (Phi) is 3.29. The molecule has 2 heterocycles. The number of fused-ring (bicyclic) bond motifs is 1. The van der Waals surface area contributed by atoms with Crippen LogP contribution in [0, 0.1) is 34.6 Å². The summed E-state index contributed by atoms with van der Waals surface area (Å²) in [6, 6.07) is 6.35. The summed E-state index contributed by atoms with van der Waals surface area (Å²) >= 11 is 6.42. The van der Waals surface area contributed by atoms with Gasteiger partial charge in [-0.25, -0.2) is 4.98 Å². The van der Waals surface area contributed by atoms with Gasteiger partial charge >= 0.3 is 0 Å². The third-order valence-electron chi connectivity index (χ3n) is 3.90. The molecule has 1 aromatic carbocycles. The Morgan fingerprint density at radius 1 is 0.905 bits per heavy atom. The van der Waals surface area contributed by atoms with E-state index in [0.717, 1.165) is 27.3 Å². The summed E-state index contributed by atoms with van der Waals surface area (Å²) < 4.78 is 2.17. The smallest absolute Gasteiger partial charge is 0.146 e. The van der Waals surface area contributed by atoms with Crippen molar-refractivity contribution < 1.29 is 0 Å². The normalized spacial score (nSPS) is 11.3. The van der Waals surface area contributed by atoms with E-state index in [9.17, 15) is 0 Å². The van der Waals surface area contributed by atoms with Crippen molar-refractivity contribution in [3.63, 3.8) is 0 Å². The van der Waals surface area contributed by atoms with Crippen LogP contribution < -0.4 is 0 Å². The van der Waals surface area contributed by atoms with E-state index in [1.807, 2.05) is 13.0 Å². The molecule has 0 atom stereocenters. The first kappa shape index (κ1) is 14.2. The standard InChI is InChI=1S/C18H19ClN2/c1-10-6-11(2)17(12(3)7-10)21-9-13(4)16-15(19)8-14(5)20-18(16)21/h6-9H,1-5H3. The van der Waals surface area contributed by atoms with Crippen LogP contribution in [-0.2, 0) is 0 Å². The van der Waals surface area contributed by atoms with Gasteiger partial charge in [-0.2, -0.15) is 0 Å². The van der Waals surface area contributed by atoms with Gasteiger partial charge in [0.15, 0.2) is 0 Å². The van der Waals surface area contributed by atoms with Gasteiger partial charge in [0.2, 0.25) is 0 Å². The fourth-order valence-corrected chi connectivity index (χ4v) is 3.59. The first-order valence-corrected chi connectivity index (χ1v) is 7.49. The first-order valence-electron chi connectivity index (χ1n) is 7.11. The fraction of sp³-hybridized carbons (Fsp3) is 0.278. The Bertz CT molecular complexity index is 836. The van der Waals surface area contributed by atoms with Gasteiger partial charge in [-0.15, -0.1) is 0 Å². The van der Waals surface area contributed by atoms with E-state index in [2.05, 4.69) is 50.6 Å². The Morgan fingerprint density at radius 2 is 1.52 bits per heavy atom. The summed E-state index contributed by atoms with van der Waals surface area (Å²) in [7, 11) is 0. The number of halogens is 1. The number of hydrogen-bond acceptors (Lipinski definition) is 1. The molecule has 0 amide bonds. The van der Waals surface area contributed by atoms with Crippen molar-refractivity contribution in [3.8, 4) is 5.69 Å². The van der Waals surface area contributed by atoms with Crippen LogP contribution in [0.5, 0.6) is 0 Å². The third kappa shape index (κ3) is 2.24. The van der Waals surface area contributed by atoms with E-state index < -0.39 is 0 Å². The second kappa shape index (κ2) is 4.88. The van der Waals surface area contributed by atoms with E-state index in [4.69, 9.17) is 16.6 Å². The second-order valence-electron chi connectivity index (χ2n) is 5.87. The summed E-state index contributed by atoms with van der Waals surface area (Å²) in [6.45, 7) is 10.5. The number of benzene rings is 1. The van der Waals surface area contributed by atoms with Crippen molar-refractivity contribution >= 4 is 22.6 Å². The molecule has 0 aliphatic rings. The molecule has 2 aromatic heterocycles. The summed E-state index contributed by atoms with van der Waals surface area (Å²) in [5.41, 5.74) is 8.02. The van der Waals surface area contributed by atoms with E-state index in [1.165, 1.54) is 22.4 Å². The minimum Gasteiger partial charge on any atom is -0.300 e. The molecule has 3 aromatic rings. The van der Waals surface area contributed by atoms with Crippen molar-refractivity contribution in [2.75, 3.05) is 0 Å². The van der Waals surface area contributed by atoms with Crippen LogP contribution in [0.3, 0.4) is 0 Å². The van der Waals surface area contributed by atoms with Crippen LogP contribution in [0.25, 0.3) is 16.7 Å². The monoisotopic (exact) mass is 298 g/mol. The number of nitrogens with zero attached hydrogens (tertiary/aromatic N) is 2. The van der Waals surface area contributed by atoms with Crippen molar-refractivity contribution in [3.05, 3.63) is 57.4 Å². The van der Waals surface area contributed by atoms with E-state index in [0.29, 0.717) is 0 Å². The average Bonchev–Trinajstić information content (AvgIpc) is 2.65. The zero-order valence-corrected chi connectivity index (χ0v) is 13.8. The van der Waals surface area contributed by atoms with Gasteiger partial charge in [-0.1, -0.05) is 29.3 Å². The predicted molar refractivity (Wildman–Crippen MR) is 89.8 cm³/mol. The molecular weight excluding hydrogens is 280 g/mol. The molecular formula is C18H19ClN2. The molecule has 0 bridgehead atoms. The van der Waals surface area contributed by atoms with Gasteiger partial charge < -0.3 is 4.57 Å². The van der Waals surface area contributed by atoms with Crippen LogP contribution in [0.15, 0.2) is 24.4 Å². The lowest BCUT2D eigenvalue weighted by atomic mass is 10.1. The maximum atomic E-state index is 6.42. The quantitative estimate of drug-likeness (QED) is 0.602. The Balaban J connectivity index is 2.42. The van der Waals surface area contributed by atoms with Gasteiger partial charge in [0, 0.05) is 17.3 Å². The topological polar surface area (TPSA) is 17.8 Å². The SMILES string of the molecule is Cc1cc(C)c(-n2cc(C)c3c(Cl)cc(C)nc32)c(C)c1. The number of rotatable bonds is 1. The molecule has 0 spiro atoms. The largest absolute Gasteiger partial charge is 0.300 e. The highest BCUT2D eigenvalue weighted by atomic mass is 35.5. The molecule has 2 nitrogen and oxygen atoms in total. The fourth-order valence-electron chi connectivity index (χ4n) is 3.20. The van der Waals surface area contributed by atoms with Crippen LogP contribution in [-0.4, -0.2) is 9.55 Å². The van der Waals surface area contributed by atoms with E-state index in [1.54, 1.807) is 0 Å². The molecule has 0 saturated heterocycles. The molecule has 0 saturated carbocycles. The van der Waals surface area contributed by atoms with Gasteiger partial charge in [0.05, 0.1) is 10.7 Å². The summed E-state index contributed by atoms with van der Waals surface area (Å²) in [5, 5.41) is 1.82. The number of aryl methyl sites for hydroxylation is 5. The van der Waals surface area contributed by atoms with Crippen molar-refractivity contribution in [2.24, 2.45) is 0 Å². The Morgan fingerprint density at radius 3 is 2.14 bits per heavy atom. The number of pyridine rings is 1. The maximum Gasteiger partial charge on any atom is 0.146 e. The third-order valence-corrected chi connectivity index (χ3v) is 4.20. The van der Waals surface area contributed by atoms with Crippen molar-refractivity contribution in [1.29, 1.82) is 0 Å². The lowest BCUT2D eigenvalue weighted by Gasteiger charge is -2.13. The Labute approximate surface area is 130 Å². The summed E-state index contributed by atoms with van der Waals surface area (Å²) in [5.74, 6) is 0. The molecule has 0 radical (unpaired) electrons. The molecule has 3 heteroatoms. The average molecular weight is 299 g/mol. The molecule has 0 aliphatic carbocycles. The molecule has 21 heavy (non-hydrogen) atoms. The molecule has 0 fully saturated rings. The van der Waals surface area contributed by atoms with Gasteiger partial charge in [0.25, 0.3) is 0 Å². The lowest BCUT2D eigenvalue weighted by molar-refractivity contribution is 1.04. The molecule has 3 rings (SSSR count). The van der Waals surface area contributed by atoms with E-state index in [-0.39, 0.29) is 0 Å². The van der Waals surface area contributed by atoms with Crippen LogP contribution in [0.2, 0.25) is 5.02 Å². The minimum atomic E-state index is 0.774. The number of hydrogen-bond donors (Lipinski definition) is 0. The number of aromatic nitrogens is 2. The molecule has 0 unspecified atom stereocenters. The van der Waals surface area contributed by atoms with Crippen LogP contribution >= 0.6 is 11.6 Å². The molecule has 0 aliphatic heterocycles. The highest BCUT2D eigenvalue weighted by Crippen LogP contribution is 2.32. The van der Waals surface area contributed by atoms with Gasteiger partial charge in [-0.05, 0) is 57.4 Å². The predicted octanol–water partition coefficient (Wildman–Crippen LogP) is 5.22. The highest BCUT2D eigenvalue weighted by molar-refractivity contribution is 6.35. The molecule has 0 N–H and O–H groups in total. The van der Waals surface area contributed by atoms with Crippen LogP contribution in [0.1, 0.15) is 27.9 Å². The van der Waals surface area contributed by atoms with Crippen molar-refractivity contribution in [2.45, 2.75) is 34.6 Å². The van der Waals surface area contributed by atoms with Gasteiger partial charge in [0.1, 0.15) is 5.65 Å². The van der Waals surface area contributed by atoms with Gasteiger partial charge in [-0.3, -0.25) is 0 Å². The minimum absolute atomic E-state index is 0.774. The van der Waals surface area contributed by atoms with E-state index >= 15 is 0 Å². The molecule has 108 valence electrons. The lowest BCUT2D eigenvalue weighted by Crippen LogP contribution is -2.01. The Hall–Kier alpha value is -1.80. The maximum absolute atomic E-state index is 6.42. The highest BCUT2D eigenvalue weighted by Gasteiger charge is 2.15. The summed E-state index contributed by atoms with van der Waals surface area (Å²) in [4.78, 5) is 4.72. The zero-order chi connectivity index (χ0) is 15.3. The first-order chi connectivity index (χ1) is 9.88. The summed E-state index contributed by atoms with van der Waals surface area (Å²) in [6.07, 6.45) is 2.13.